The van der Waals surface area contributed by atoms with Crippen molar-refractivity contribution in [1.82, 2.24) is 0 Å². The number of ether oxygens (including phenoxy) is 1. The standard InChI is InChI=1S/C5H7NO8S.2Na.2H/c6-5(10)14-4(9)2(1-3(7)8)15(11,12)13;;;;/h2H,1H2,(H2,6,10)(H,7,8)(H,11,12,13);;;;. The van der Waals surface area contributed by atoms with Gasteiger partial charge in [0.25, 0.3) is 10.1 Å². The van der Waals surface area contributed by atoms with Gasteiger partial charge < -0.3 is 15.6 Å². The van der Waals surface area contributed by atoms with E-state index in [1.807, 2.05) is 0 Å². The van der Waals surface area contributed by atoms with E-state index in [0.717, 1.165) is 0 Å². The Morgan fingerprint density at radius 1 is 1.24 bits per heavy atom. The summed E-state index contributed by atoms with van der Waals surface area (Å²) >= 11 is 0. The van der Waals surface area contributed by atoms with Crippen molar-refractivity contribution in [2.75, 3.05) is 0 Å². The van der Waals surface area contributed by atoms with E-state index in [4.69, 9.17) is 9.66 Å². The second-order valence-electron chi connectivity index (χ2n) is 2.34. The van der Waals surface area contributed by atoms with Gasteiger partial charge in [0.15, 0.2) is 5.25 Å². The van der Waals surface area contributed by atoms with Gasteiger partial charge >= 0.3 is 77.1 Å². The van der Waals surface area contributed by atoms with Crippen LogP contribution >= 0.6 is 0 Å². The van der Waals surface area contributed by atoms with Gasteiger partial charge in [-0.25, -0.2) is 9.59 Å². The molecule has 0 rings (SSSR count). The Labute approximate surface area is 140 Å². The van der Waals surface area contributed by atoms with E-state index >= 15 is 0 Å². The predicted octanol–water partition coefficient (Wildman–Crippen LogP) is -2.96. The van der Waals surface area contributed by atoms with E-state index in [-0.39, 0.29) is 59.1 Å². The molecule has 0 aliphatic heterocycles. The summed E-state index contributed by atoms with van der Waals surface area (Å²) in [6.45, 7) is 0. The zero-order chi connectivity index (χ0) is 12.2. The van der Waals surface area contributed by atoms with Gasteiger partial charge in [0.1, 0.15) is 0 Å². The fourth-order valence-corrected chi connectivity index (χ4v) is 1.28. The Morgan fingerprint density at radius 2 is 1.65 bits per heavy atom. The van der Waals surface area contributed by atoms with Crippen LogP contribution in [0, 0.1) is 0 Å². The second-order valence-corrected chi connectivity index (χ2v) is 3.94. The molecule has 0 bridgehead atoms. The number of carbonyl (C=O) groups excluding carboxylic acids is 2. The normalized spacial score (nSPS) is 11.4. The van der Waals surface area contributed by atoms with Gasteiger partial charge in [-0.2, -0.15) is 8.42 Å². The van der Waals surface area contributed by atoms with Crippen molar-refractivity contribution >= 4 is 87.3 Å². The molecule has 0 aromatic rings. The molecule has 12 heteroatoms. The topological polar surface area (TPSA) is 161 Å². The SMILES string of the molecule is NC(=O)OC(=O)C(CC(=O)O)S(=O)(=O)O.[NaH].[NaH]. The second kappa shape index (κ2) is 9.28. The molecule has 0 fully saturated rings. The Bertz CT molecular complexity index is 393. The van der Waals surface area contributed by atoms with E-state index in [1.54, 1.807) is 0 Å². The van der Waals surface area contributed by atoms with Crippen LogP contribution in [0.15, 0.2) is 0 Å². The van der Waals surface area contributed by atoms with Gasteiger partial charge in [-0.3, -0.25) is 9.35 Å². The van der Waals surface area contributed by atoms with Crippen molar-refractivity contribution < 1.29 is 37.2 Å². The Hall–Kier alpha value is 0.320. The first kappa shape index (κ1) is 22.5. The third-order valence-corrected chi connectivity index (χ3v) is 2.26. The maximum absolute atomic E-state index is 10.8. The number of rotatable bonds is 4. The molecular weight excluding hydrogens is 280 g/mol. The van der Waals surface area contributed by atoms with Crippen LogP contribution in [0.1, 0.15) is 6.42 Å². The van der Waals surface area contributed by atoms with Crippen molar-refractivity contribution in [1.29, 1.82) is 0 Å². The fourth-order valence-electron chi connectivity index (χ4n) is 0.634. The molecule has 0 radical (unpaired) electrons. The quantitative estimate of drug-likeness (QED) is 0.214. The number of aliphatic carboxylic acids is 1. The number of carboxylic acid groups (broad SMARTS) is 1. The molecule has 1 amide bonds. The Balaban J connectivity index is -0.000000980. The number of carboxylic acids is 1. The molecule has 0 saturated carbocycles. The predicted molar refractivity (Wildman–Crippen MR) is 57.6 cm³/mol. The van der Waals surface area contributed by atoms with Crippen LogP contribution < -0.4 is 5.73 Å². The zero-order valence-electron chi connectivity index (χ0n) is 7.11. The summed E-state index contributed by atoms with van der Waals surface area (Å²) in [6, 6.07) is 0. The van der Waals surface area contributed by atoms with Gasteiger partial charge in [0.05, 0.1) is 6.42 Å². The average molecular weight is 289 g/mol. The van der Waals surface area contributed by atoms with Crippen LogP contribution in [0.3, 0.4) is 0 Å². The van der Waals surface area contributed by atoms with Gasteiger partial charge in [-0.1, -0.05) is 0 Å². The molecule has 0 aliphatic rings. The van der Waals surface area contributed by atoms with Crippen LogP contribution in [0.2, 0.25) is 0 Å². The summed E-state index contributed by atoms with van der Waals surface area (Å²) in [7, 11) is -4.97. The summed E-state index contributed by atoms with van der Waals surface area (Å²) in [5.74, 6) is -3.41. The molecule has 4 N–H and O–H groups in total. The first-order valence-electron chi connectivity index (χ1n) is 3.33. The minimum atomic E-state index is -4.97. The fraction of sp³-hybridized carbons (Fsp3) is 0.400. The number of hydrogen-bond donors (Lipinski definition) is 3. The summed E-state index contributed by atoms with van der Waals surface area (Å²) in [5.41, 5.74) is 4.40. The van der Waals surface area contributed by atoms with Crippen molar-refractivity contribution in [2.45, 2.75) is 11.7 Å². The van der Waals surface area contributed by atoms with Crippen LogP contribution in [0.25, 0.3) is 0 Å². The van der Waals surface area contributed by atoms with Crippen LogP contribution in [0.4, 0.5) is 4.79 Å². The molecule has 0 saturated heterocycles. The van der Waals surface area contributed by atoms with Crippen molar-refractivity contribution in [3.8, 4) is 0 Å². The first-order chi connectivity index (χ1) is 6.64. The van der Waals surface area contributed by atoms with Gasteiger partial charge in [0.2, 0.25) is 0 Å². The van der Waals surface area contributed by atoms with E-state index in [0.29, 0.717) is 0 Å². The number of nitrogens with two attached hydrogens (primary N) is 1. The van der Waals surface area contributed by atoms with E-state index in [1.165, 1.54) is 0 Å². The van der Waals surface area contributed by atoms with E-state index < -0.39 is 39.8 Å². The average Bonchev–Trinajstić information content (AvgIpc) is 1.95. The van der Waals surface area contributed by atoms with E-state index in [9.17, 15) is 22.8 Å². The van der Waals surface area contributed by atoms with Crippen LogP contribution in [-0.2, 0) is 24.4 Å². The molecule has 0 aromatic heterocycles. The number of amides is 1. The molecule has 17 heavy (non-hydrogen) atoms. The molecule has 1 unspecified atom stereocenters. The molecule has 1 atom stereocenters. The van der Waals surface area contributed by atoms with Gasteiger partial charge in [-0.15, -0.1) is 0 Å². The van der Waals surface area contributed by atoms with Crippen molar-refractivity contribution in [3.63, 3.8) is 0 Å². The number of carbonyl (C=O) groups is 3. The monoisotopic (exact) mass is 289 g/mol. The Kier molecular flexibility index (Phi) is 12.3. The van der Waals surface area contributed by atoms with Gasteiger partial charge in [-0.05, 0) is 0 Å². The van der Waals surface area contributed by atoms with Crippen LogP contribution in [0.5, 0.6) is 0 Å². The summed E-state index contributed by atoms with van der Waals surface area (Å²) in [4.78, 5) is 31.0. The zero-order valence-corrected chi connectivity index (χ0v) is 7.93. The van der Waals surface area contributed by atoms with Gasteiger partial charge in [0, 0.05) is 0 Å². The number of esters is 1. The molecule has 90 valence electrons. The van der Waals surface area contributed by atoms with Crippen LogP contribution in [-0.4, -0.2) is 100 Å². The van der Waals surface area contributed by atoms with E-state index in [2.05, 4.69) is 10.5 Å². The molecule has 0 aromatic carbocycles. The Morgan fingerprint density at radius 3 is 1.88 bits per heavy atom. The summed E-state index contributed by atoms with van der Waals surface area (Å²) < 4.78 is 33.2. The number of primary amides is 1. The van der Waals surface area contributed by atoms with Crippen molar-refractivity contribution in [2.24, 2.45) is 5.73 Å². The van der Waals surface area contributed by atoms with Crippen molar-refractivity contribution in [3.05, 3.63) is 0 Å². The molecule has 0 aliphatic carbocycles. The molecule has 0 spiro atoms. The summed E-state index contributed by atoms with van der Waals surface area (Å²) in [6.07, 6.45) is -2.83. The first-order valence-corrected chi connectivity index (χ1v) is 4.84. The number of hydrogen-bond acceptors (Lipinski definition) is 6. The molecular formula is C5H9NNa2O8S. The third-order valence-electron chi connectivity index (χ3n) is 1.18. The molecule has 0 heterocycles. The summed E-state index contributed by atoms with van der Waals surface area (Å²) in [5, 5.41) is 5.86. The third kappa shape index (κ3) is 9.97. The molecule has 9 nitrogen and oxygen atoms in total. The maximum atomic E-state index is 10.8. The minimum absolute atomic E-state index is 0.